The first kappa shape index (κ1) is 14.6. The standard InChI is InChI=1S/C14H17N3O2S/c1-9(2)13-15-16-14(20-8-12(18)19)17(13)11-7-5-4-6-10(11)3/h4-7,9H,8H2,1-3H3,(H,18,19). The number of nitrogens with zero attached hydrogens (tertiary/aromatic N) is 3. The molecule has 0 unspecified atom stereocenters. The summed E-state index contributed by atoms with van der Waals surface area (Å²) in [6, 6.07) is 7.95. The minimum atomic E-state index is -0.861. The zero-order valence-electron chi connectivity index (χ0n) is 11.7. The number of thioether (sulfide) groups is 1. The van der Waals surface area contributed by atoms with Crippen LogP contribution >= 0.6 is 11.8 Å². The van der Waals surface area contributed by atoms with Crippen molar-refractivity contribution >= 4 is 17.7 Å². The largest absolute Gasteiger partial charge is 0.481 e. The molecule has 0 amide bonds. The van der Waals surface area contributed by atoms with Gasteiger partial charge in [-0.05, 0) is 18.6 Å². The molecule has 0 atom stereocenters. The Morgan fingerprint density at radius 2 is 2.05 bits per heavy atom. The van der Waals surface area contributed by atoms with Crippen molar-refractivity contribution in [3.8, 4) is 5.69 Å². The highest BCUT2D eigenvalue weighted by atomic mass is 32.2. The van der Waals surface area contributed by atoms with Gasteiger partial charge >= 0.3 is 5.97 Å². The molecular weight excluding hydrogens is 274 g/mol. The highest BCUT2D eigenvalue weighted by Gasteiger charge is 2.18. The van der Waals surface area contributed by atoms with Gasteiger partial charge in [-0.3, -0.25) is 9.36 Å². The molecule has 106 valence electrons. The molecule has 6 heteroatoms. The fraction of sp³-hybridized carbons (Fsp3) is 0.357. The maximum atomic E-state index is 10.7. The fourth-order valence-electron chi connectivity index (χ4n) is 1.92. The fourth-order valence-corrected chi connectivity index (χ4v) is 2.59. The van der Waals surface area contributed by atoms with E-state index in [1.807, 2.05) is 49.6 Å². The van der Waals surface area contributed by atoms with Crippen LogP contribution in [0.3, 0.4) is 0 Å². The average molecular weight is 291 g/mol. The van der Waals surface area contributed by atoms with E-state index in [1.165, 1.54) is 11.8 Å². The second-order valence-corrected chi connectivity index (χ2v) is 5.74. The third-order valence-corrected chi connectivity index (χ3v) is 3.77. The summed E-state index contributed by atoms with van der Waals surface area (Å²) < 4.78 is 1.95. The van der Waals surface area contributed by atoms with Crippen LogP contribution < -0.4 is 0 Å². The second-order valence-electron chi connectivity index (χ2n) is 4.80. The SMILES string of the molecule is Cc1ccccc1-n1c(SCC(=O)O)nnc1C(C)C. The summed E-state index contributed by atoms with van der Waals surface area (Å²) in [6.45, 7) is 6.11. The third kappa shape index (κ3) is 3.01. The van der Waals surface area contributed by atoms with Gasteiger partial charge in [-0.15, -0.1) is 10.2 Å². The monoisotopic (exact) mass is 291 g/mol. The summed E-state index contributed by atoms with van der Waals surface area (Å²) in [5.74, 6) is 0.163. The van der Waals surface area contributed by atoms with Gasteiger partial charge in [0.05, 0.1) is 11.4 Å². The molecule has 20 heavy (non-hydrogen) atoms. The van der Waals surface area contributed by atoms with Crippen molar-refractivity contribution in [3.05, 3.63) is 35.7 Å². The number of aromatic nitrogens is 3. The van der Waals surface area contributed by atoms with Gasteiger partial charge in [0.2, 0.25) is 0 Å². The van der Waals surface area contributed by atoms with E-state index in [0.717, 1.165) is 17.1 Å². The van der Waals surface area contributed by atoms with Gasteiger partial charge in [-0.1, -0.05) is 43.8 Å². The van der Waals surface area contributed by atoms with Crippen molar-refractivity contribution < 1.29 is 9.90 Å². The normalized spacial score (nSPS) is 11.0. The second kappa shape index (κ2) is 6.09. The van der Waals surface area contributed by atoms with Crippen LogP contribution in [0.5, 0.6) is 0 Å². The summed E-state index contributed by atoms with van der Waals surface area (Å²) in [5, 5.41) is 17.8. The van der Waals surface area contributed by atoms with Gasteiger partial charge in [0.1, 0.15) is 5.82 Å². The van der Waals surface area contributed by atoms with Gasteiger partial charge in [0.15, 0.2) is 5.16 Å². The number of hydrogen-bond acceptors (Lipinski definition) is 4. The molecule has 0 saturated carbocycles. The molecule has 0 fully saturated rings. The Hall–Kier alpha value is -1.82. The molecule has 0 bridgehead atoms. The van der Waals surface area contributed by atoms with E-state index in [9.17, 15) is 4.79 Å². The number of aryl methyl sites for hydroxylation is 1. The zero-order valence-corrected chi connectivity index (χ0v) is 12.5. The summed E-state index contributed by atoms with van der Waals surface area (Å²) in [5.41, 5.74) is 2.10. The number of carboxylic acids is 1. The van der Waals surface area contributed by atoms with Crippen LogP contribution in [-0.4, -0.2) is 31.6 Å². The maximum absolute atomic E-state index is 10.7. The predicted octanol–water partition coefficient (Wildman–Crippen LogP) is 2.88. The number of hydrogen-bond donors (Lipinski definition) is 1. The quantitative estimate of drug-likeness (QED) is 0.858. The first-order valence-electron chi connectivity index (χ1n) is 6.36. The summed E-state index contributed by atoms with van der Waals surface area (Å²) in [6.07, 6.45) is 0. The molecule has 1 N–H and O–H groups in total. The van der Waals surface area contributed by atoms with E-state index >= 15 is 0 Å². The van der Waals surface area contributed by atoms with E-state index < -0.39 is 5.97 Å². The minimum Gasteiger partial charge on any atom is -0.481 e. The Morgan fingerprint density at radius 3 is 2.65 bits per heavy atom. The van der Waals surface area contributed by atoms with Crippen molar-refractivity contribution in [2.24, 2.45) is 0 Å². The number of para-hydroxylation sites is 1. The van der Waals surface area contributed by atoms with Gasteiger partial charge < -0.3 is 5.11 Å². The van der Waals surface area contributed by atoms with Crippen LogP contribution in [0.25, 0.3) is 5.69 Å². The predicted molar refractivity (Wildman–Crippen MR) is 78.5 cm³/mol. The Bertz CT molecular complexity index is 623. The van der Waals surface area contributed by atoms with Gasteiger partial charge in [0.25, 0.3) is 0 Å². The molecule has 0 aliphatic carbocycles. The first-order chi connectivity index (χ1) is 9.50. The molecule has 2 rings (SSSR count). The van der Waals surface area contributed by atoms with E-state index in [4.69, 9.17) is 5.11 Å². The summed E-state index contributed by atoms with van der Waals surface area (Å²) in [4.78, 5) is 10.7. The first-order valence-corrected chi connectivity index (χ1v) is 7.35. The van der Waals surface area contributed by atoms with Crippen molar-refractivity contribution in [1.82, 2.24) is 14.8 Å². The van der Waals surface area contributed by atoms with E-state index in [1.54, 1.807) is 0 Å². The molecule has 2 aromatic rings. The lowest BCUT2D eigenvalue weighted by Crippen LogP contribution is -2.07. The summed E-state index contributed by atoms with van der Waals surface area (Å²) in [7, 11) is 0. The zero-order chi connectivity index (χ0) is 14.7. The van der Waals surface area contributed by atoms with Crippen LogP contribution in [0.15, 0.2) is 29.4 Å². The van der Waals surface area contributed by atoms with E-state index in [-0.39, 0.29) is 11.7 Å². The van der Waals surface area contributed by atoms with Gasteiger partial charge in [-0.25, -0.2) is 0 Å². The number of benzene rings is 1. The van der Waals surface area contributed by atoms with Crippen molar-refractivity contribution in [2.45, 2.75) is 31.8 Å². The van der Waals surface area contributed by atoms with Crippen molar-refractivity contribution in [2.75, 3.05) is 5.75 Å². The molecule has 0 saturated heterocycles. The summed E-state index contributed by atoms with van der Waals surface area (Å²) >= 11 is 1.19. The lowest BCUT2D eigenvalue weighted by atomic mass is 10.1. The lowest BCUT2D eigenvalue weighted by Gasteiger charge is -2.13. The van der Waals surface area contributed by atoms with Crippen molar-refractivity contribution in [1.29, 1.82) is 0 Å². The lowest BCUT2D eigenvalue weighted by molar-refractivity contribution is -0.133. The Kier molecular flexibility index (Phi) is 4.44. The Balaban J connectivity index is 2.50. The smallest absolute Gasteiger partial charge is 0.313 e. The Morgan fingerprint density at radius 1 is 1.35 bits per heavy atom. The van der Waals surface area contributed by atoms with Crippen LogP contribution in [0.1, 0.15) is 31.2 Å². The van der Waals surface area contributed by atoms with Crippen LogP contribution in [0.4, 0.5) is 0 Å². The Labute approximate surface area is 122 Å². The van der Waals surface area contributed by atoms with Gasteiger partial charge in [0, 0.05) is 5.92 Å². The van der Waals surface area contributed by atoms with E-state index in [0.29, 0.717) is 5.16 Å². The molecule has 1 aromatic carbocycles. The van der Waals surface area contributed by atoms with Crippen LogP contribution in [-0.2, 0) is 4.79 Å². The molecule has 0 spiro atoms. The van der Waals surface area contributed by atoms with Crippen molar-refractivity contribution in [3.63, 3.8) is 0 Å². The molecule has 1 aromatic heterocycles. The third-order valence-electron chi connectivity index (χ3n) is 2.86. The highest BCUT2D eigenvalue weighted by Crippen LogP contribution is 2.27. The average Bonchev–Trinajstić information content (AvgIpc) is 2.80. The number of aliphatic carboxylic acids is 1. The number of rotatable bonds is 5. The number of carboxylic acid groups (broad SMARTS) is 1. The van der Waals surface area contributed by atoms with Crippen LogP contribution in [0.2, 0.25) is 0 Å². The van der Waals surface area contributed by atoms with E-state index in [2.05, 4.69) is 10.2 Å². The molecular formula is C14H17N3O2S. The molecule has 1 heterocycles. The minimum absolute atomic E-state index is 0.0257. The molecule has 0 aliphatic rings. The maximum Gasteiger partial charge on any atom is 0.313 e. The molecule has 0 aliphatic heterocycles. The topological polar surface area (TPSA) is 68.0 Å². The van der Waals surface area contributed by atoms with Gasteiger partial charge in [-0.2, -0.15) is 0 Å². The highest BCUT2D eigenvalue weighted by molar-refractivity contribution is 7.99. The number of carbonyl (C=O) groups is 1. The molecule has 5 nitrogen and oxygen atoms in total. The molecule has 0 radical (unpaired) electrons. The van der Waals surface area contributed by atoms with Crippen LogP contribution in [0, 0.1) is 6.92 Å².